The molecule has 1 heterocycles. The van der Waals surface area contributed by atoms with Gasteiger partial charge in [0.2, 0.25) is 0 Å². The highest BCUT2D eigenvalue weighted by Gasteiger charge is 2.31. The van der Waals surface area contributed by atoms with E-state index < -0.39 is 23.6 Å². The number of carbonyl (C=O) groups is 2. The van der Waals surface area contributed by atoms with Crippen LogP contribution >= 0.6 is 11.6 Å². The van der Waals surface area contributed by atoms with Crippen LogP contribution in [-0.2, 0) is 6.18 Å². The number of amides is 1. The molecule has 0 radical (unpaired) electrons. The molecule has 5 rings (SSSR count). The third-order valence-corrected chi connectivity index (χ3v) is 6.87. The van der Waals surface area contributed by atoms with Gasteiger partial charge in [-0.05, 0) is 61.9 Å². The molecule has 0 saturated carbocycles. The van der Waals surface area contributed by atoms with Crippen LogP contribution in [0.4, 0.5) is 13.2 Å². The molecule has 0 unspecified atom stereocenters. The number of aryl methyl sites for hydroxylation is 2. The summed E-state index contributed by atoms with van der Waals surface area (Å²) in [6.45, 7) is 3.91. The molecule has 10 heteroatoms. The minimum atomic E-state index is -4.60. The summed E-state index contributed by atoms with van der Waals surface area (Å²) in [6.07, 6.45) is -3.33. The first-order valence-corrected chi connectivity index (χ1v) is 13.1. The van der Waals surface area contributed by atoms with Crippen LogP contribution in [0.2, 0.25) is 5.02 Å². The highest BCUT2D eigenvalue weighted by Crippen LogP contribution is 2.38. The first-order chi connectivity index (χ1) is 20.0. The third-order valence-electron chi connectivity index (χ3n) is 6.54. The van der Waals surface area contributed by atoms with Crippen LogP contribution in [0.5, 0.6) is 5.75 Å². The summed E-state index contributed by atoms with van der Waals surface area (Å²) in [4.78, 5) is 29.2. The molecule has 0 atom stereocenters. The largest absolute Gasteiger partial charge is 0.422 e. The maximum atomic E-state index is 13.4. The number of halogens is 4. The Kier molecular flexibility index (Phi) is 7.87. The van der Waals surface area contributed by atoms with Crippen molar-refractivity contribution in [2.75, 3.05) is 0 Å². The van der Waals surface area contributed by atoms with Crippen molar-refractivity contribution in [2.45, 2.75) is 20.0 Å². The van der Waals surface area contributed by atoms with E-state index in [1.54, 1.807) is 30.3 Å². The number of nitrogens with zero attached hydrogens (tertiary/aromatic N) is 1. The quantitative estimate of drug-likeness (QED) is 0.0908. The maximum Gasteiger partial charge on any atom is 0.416 e. The summed E-state index contributed by atoms with van der Waals surface area (Å²) in [5, 5.41) is 5.37. The molecule has 42 heavy (non-hydrogen) atoms. The van der Waals surface area contributed by atoms with Gasteiger partial charge < -0.3 is 9.72 Å². The van der Waals surface area contributed by atoms with Gasteiger partial charge in [-0.1, -0.05) is 59.6 Å². The molecular formula is C32H23ClF3N3O3. The van der Waals surface area contributed by atoms with Crippen LogP contribution in [0.25, 0.3) is 22.0 Å². The smallest absolute Gasteiger partial charge is 0.416 e. The minimum absolute atomic E-state index is 0.0476. The van der Waals surface area contributed by atoms with Gasteiger partial charge in [-0.25, -0.2) is 10.2 Å². The SMILES string of the molecule is Cc1cc(C)c2[nH]c(C(=O)NN=Cc3ccccc3OC(=O)c3cccc(C(F)(F)F)c3)c(-c3ccccc3Cl)c2c1. The average molecular weight is 590 g/mol. The van der Waals surface area contributed by atoms with Gasteiger partial charge in [0.25, 0.3) is 5.91 Å². The zero-order chi connectivity index (χ0) is 30.0. The van der Waals surface area contributed by atoms with E-state index in [0.717, 1.165) is 40.2 Å². The van der Waals surface area contributed by atoms with Crippen LogP contribution in [0.3, 0.4) is 0 Å². The molecular weight excluding hydrogens is 567 g/mol. The van der Waals surface area contributed by atoms with Crippen LogP contribution in [0.15, 0.2) is 90.0 Å². The first kappa shape index (κ1) is 28.6. The summed E-state index contributed by atoms with van der Waals surface area (Å²) in [5.74, 6) is -1.46. The van der Waals surface area contributed by atoms with Gasteiger partial charge in [0.15, 0.2) is 0 Å². The van der Waals surface area contributed by atoms with Gasteiger partial charge in [0.1, 0.15) is 11.4 Å². The lowest BCUT2D eigenvalue weighted by molar-refractivity contribution is -0.137. The number of esters is 1. The van der Waals surface area contributed by atoms with Gasteiger partial charge in [-0.2, -0.15) is 18.3 Å². The van der Waals surface area contributed by atoms with E-state index in [4.69, 9.17) is 16.3 Å². The number of rotatable bonds is 6. The van der Waals surface area contributed by atoms with Crippen molar-refractivity contribution in [1.82, 2.24) is 10.4 Å². The number of H-pyrrole nitrogens is 1. The Balaban J connectivity index is 1.41. The molecule has 4 aromatic carbocycles. The second-order valence-electron chi connectivity index (χ2n) is 9.56. The van der Waals surface area contributed by atoms with Gasteiger partial charge >= 0.3 is 12.1 Å². The van der Waals surface area contributed by atoms with Gasteiger partial charge in [0, 0.05) is 32.6 Å². The lowest BCUT2D eigenvalue weighted by Crippen LogP contribution is -2.19. The van der Waals surface area contributed by atoms with Crippen molar-refractivity contribution >= 4 is 40.6 Å². The number of fused-ring (bicyclic) bond motifs is 1. The molecule has 6 nitrogen and oxygen atoms in total. The fraction of sp³-hybridized carbons (Fsp3) is 0.0938. The Morgan fingerprint density at radius 1 is 0.952 bits per heavy atom. The van der Waals surface area contributed by atoms with Crippen LogP contribution < -0.4 is 10.2 Å². The lowest BCUT2D eigenvalue weighted by Gasteiger charge is -2.10. The number of ether oxygens (including phenoxy) is 1. The fourth-order valence-electron chi connectivity index (χ4n) is 4.64. The predicted molar refractivity (Wildman–Crippen MR) is 156 cm³/mol. The number of nitrogens with one attached hydrogen (secondary N) is 2. The van der Waals surface area contributed by atoms with Crippen molar-refractivity contribution < 1.29 is 27.5 Å². The Morgan fingerprint density at radius 2 is 1.69 bits per heavy atom. The van der Waals surface area contributed by atoms with E-state index in [0.29, 0.717) is 21.7 Å². The number of alkyl halides is 3. The molecule has 0 saturated heterocycles. The Morgan fingerprint density at radius 3 is 2.45 bits per heavy atom. The van der Waals surface area contributed by atoms with Crippen molar-refractivity contribution in [1.29, 1.82) is 0 Å². The van der Waals surface area contributed by atoms with Crippen molar-refractivity contribution in [3.63, 3.8) is 0 Å². The maximum absolute atomic E-state index is 13.4. The van der Waals surface area contributed by atoms with Crippen molar-refractivity contribution in [3.8, 4) is 16.9 Å². The van der Waals surface area contributed by atoms with E-state index in [9.17, 15) is 22.8 Å². The lowest BCUT2D eigenvalue weighted by atomic mass is 9.99. The number of hydrogen-bond acceptors (Lipinski definition) is 4. The normalized spacial score (nSPS) is 11.7. The van der Waals surface area contributed by atoms with Crippen LogP contribution in [0.1, 0.15) is 43.1 Å². The van der Waals surface area contributed by atoms with E-state index in [1.807, 2.05) is 38.1 Å². The molecule has 0 aliphatic rings. The molecule has 0 aliphatic heterocycles. The molecule has 0 fully saturated rings. The molecule has 5 aromatic rings. The average Bonchev–Trinajstić information content (AvgIpc) is 3.33. The molecule has 2 N–H and O–H groups in total. The Hall–Kier alpha value is -4.89. The first-order valence-electron chi connectivity index (χ1n) is 12.7. The number of aromatic nitrogens is 1. The molecule has 0 aliphatic carbocycles. The second kappa shape index (κ2) is 11.5. The number of aromatic amines is 1. The molecule has 0 spiro atoms. The van der Waals surface area contributed by atoms with Crippen molar-refractivity contribution in [3.05, 3.63) is 123 Å². The van der Waals surface area contributed by atoms with Crippen molar-refractivity contribution in [2.24, 2.45) is 5.10 Å². The van der Waals surface area contributed by atoms with Gasteiger partial charge in [0.05, 0.1) is 17.3 Å². The Bertz CT molecular complexity index is 1860. The van der Waals surface area contributed by atoms with Crippen LogP contribution in [-0.4, -0.2) is 23.1 Å². The molecule has 0 bridgehead atoms. The summed E-state index contributed by atoms with van der Waals surface area (Å²) in [5.41, 5.74) is 5.92. The minimum Gasteiger partial charge on any atom is -0.422 e. The summed E-state index contributed by atoms with van der Waals surface area (Å²) in [6, 6.07) is 21.4. The number of carbonyl (C=O) groups excluding carboxylic acids is 2. The molecule has 1 aromatic heterocycles. The van der Waals surface area contributed by atoms with E-state index >= 15 is 0 Å². The zero-order valence-corrected chi connectivity index (χ0v) is 23.1. The monoisotopic (exact) mass is 589 g/mol. The Labute approximate surface area is 243 Å². The zero-order valence-electron chi connectivity index (χ0n) is 22.3. The number of benzene rings is 4. The number of hydrazone groups is 1. The standard InChI is InChI=1S/C32H23ClF3N3O3/c1-18-14-19(2)28-24(15-18)27(23-11-4-5-12-25(23)33)29(38-28)30(40)39-37-17-21-8-3-6-13-26(21)42-31(41)20-9-7-10-22(16-20)32(34,35)36/h3-17,38H,1-2H3,(H,39,40). The summed E-state index contributed by atoms with van der Waals surface area (Å²) in [7, 11) is 0. The van der Waals surface area contributed by atoms with Crippen LogP contribution in [0, 0.1) is 13.8 Å². The van der Waals surface area contributed by atoms with Gasteiger partial charge in [-0.15, -0.1) is 0 Å². The van der Waals surface area contributed by atoms with Gasteiger partial charge in [-0.3, -0.25) is 4.79 Å². The fourth-order valence-corrected chi connectivity index (χ4v) is 4.87. The van der Waals surface area contributed by atoms with E-state index in [2.05, 4.69) is 15.5 Å². The molecule has 1 amide bonds. The van der Waals surface area contributed by atoms with E-state index in [-0.39, 0.29) is 17.0 Å². The predicted octanol–water partition coefficient (Wildman–Crippen LogP) is 8.11. The second-order valence-corrected chi connectivity index (χ2v) is 9.97. The topological polar surface area (TPSA) is 83.6 Å². The number of hydrogen-bond donors (Lipinski definition) is 2. The summed E-state index contributed by atoms with van der Waals surface area (Å²) < 4.78 is 44.6. The highest BCUT2D eigenvalue weighted by atomic mass is 35.5. The third kappa shape index (κ3) is 5.91. The van der Waals surface area contributed by atoms with E-state index in [1.165, 1.54) is 18.3 Å². The molecule has 212 valence electrons. The highest BCUT2D eigenvalue weighted by molar-refractivity contribution is 6.34. The number of para-hydroxylation sites is 1. The summed E-state index contributed by atoms with van der Waals surface area (Å²) >= 11 is 6.52.